The molecule has 0 amide bonds. The fourth-order valence-electron chi connectivity index (χ4n) is 3.00. The summed E-state index contributed by atoms with van der Waals surface area (Å²) in [5, 5.41) is 0. The highest BCUT2D eigenvalue weighted by Gasteiger charge is 2.50. The molecule has 0 saturated carbocycles. The molecule has 0 radical (unpaired) electrons. The van der Waals surface area contributed by atoms with E-state index in [2.05, 4.69) is 45.9 Å². The third kappa shape index (κ3) is 1.48. The molecule has 0 N–H and O–H groups in total. The molecular formula is C14H22O. The second-order valence-electron chi connectivity index (χ2n) is 5.42. The van der Waals surface area contributed by atoms with Gasteiger partial charge >= 0.3 is 0 Å². The van der Waals surface area contributed by atoms with E-state index >= 15 is 0 Å². The van der Waals surface area contributed by atoms with Gasteiger partial charge in [-0.1, -0.05) is 32.9 Å². The van der Waals surface area contributed by atoms with Crippen LogP contribution in [0.25, 0.3) is 0 Å². The van der Waals surface area contributed by atoms with Crippen molar-refractivity contribution in [2.45, 2.75) is 58.7 Å². The van der Waals surface area contributed by atoms with Crippen LogP contribution >= 0.6 is 0 Å². The average molecular weight is 206 g/mol. The molecule has 2 unspecified atom stereocenters. The van der Waals surface area contributed by atoms with Gasteiger partial charge in [-0.25, -0.2) is 0 Å². The number of hydrogen-bond donors (Lipinski definition) is 0. The van der Waals surface area contributed by atoms with Gasteiger partial charge in [0.15, 0.2) is 0 Å². The van der Waals surface area contributed by atoms with Crippen molar-refractivity contribution in [1.29, 1.82) is 0 Å². The lowest BCUT2D eigenvalue weighted by atomic mass is 9.64. The van der Waals surface area contributed by atoms with E-state index in [1.807, 2.05) is 0 Å². The molecule has 0 aromatic carbocycles. The van der Waals surface area contributed by atoms with E-state index in [9.17, 15) is 0 Å². The first-order valence-electron chi connectivity index (χ1n) is 6.08. The lowest BCUT2D eigenvalue weighted by molar-refractivity contribution is -0.0752. The Hall–Kier alpha value is -0.560. The van der Waals surface area contributed by atoms with E-state index in [0.717, 1.165) is 6.42 Å². The average Bonchev–Trinajstić information content (AvgIpc) is 2.55. The molecule has 84 valence electrons. The standard InChI is InChI=1S/C14H22O/c1-5-12-7-6-9-13(3,4)14(12)10-8-11(2)15-14/h7-8,10-11H,5-6,9H2,1-4H3. The van der Waals surface area contributed by atoms with Gasteiger partial charge in [0.1, 0.15) is 5.60 Å². The monoisotopic (exact) mass is 206 g/mol. The summed E-state index contributed by atoms with van der Waals surface area (Å²) < 4.78 is 6.23. The number of rotatable bonds is 1. The van der Waals surface area contributed by atoms with Crippen molar-refractivity contribution >= 4 is 0 Å². The summed E-state index contributed by atoms with van der Waals surface area (Å²) in [6.07, 6.45) is 10.7. The van der Waals surface area contributed by atoms with Crippen molar-refractivity contribution in [3.8, 4) is 0 Å². The van der Waals surface area contributed by atoms with Crippen LogP contribution < -0.4 is 0 Å². The maximum Gasteiger partial charge on any atom is 0.113 e. The van der Waals surface area contributed by atoms with Crippen LogP contribution in [-0.4, -0.2) is 11.7 Å². The fraction of sp³-hybridized carbons (Fsp3) is 0.714. The highest BCUT2D eigenvalue weighted by atomic mass is 16.5. The maximum atomic E-state index is 6.23. The smallest absolute Gasteiger partial charge is 0.113 e. The second kappa shape index (κ2) is 3.48. The Morgan fingerprint density at radius 1 is 1.47 bits per heavy atom. The molecule has 1 heteroatoms. The molecule has 0 aromatic heterocycles. The van der Waals surface area contributed by atoms with Gasteiger partial charge in [-0.05, 0) is 37.8 Å². The van der Waals surface area contributed by atoms with Crippen LogP contribution in [0, 0.1) is 5.41 Å². The van der Waals surface area contributed by atoms with Gasteiger partial charge in [0.05, 0.1) is 6.10 Å². The molecule has 0 aromatic rings. The maximum absolute atomic E-state index is 6.23. The van der Waals surface area contributed by atoms with Crippen molar-refractivity contribution in [3.63, 3.8) is 0 Å². The summed E-state index contributed by atoms with van der Waals surface area (Å²) >= 11 is 0. The highest BCUT2D eigenvalue weighted by molar-refractivity contribution is 5.35. The summed E-state index contributed by atoms with van der Waals surface area (Å²) in [5.41, 5.74) is 1.59. The normalized spacial score (nSPS) is 38.4. The van der Waals surface area contributed by atoms with E-state index < -0.39 is 0 Å². The molecule has 1 heterocycles. The molecule has 2 atom stereocenters. The fourth-order valence-corrected chi connectivity index (χ4v) is 3.00. The lowest BCUT2D eigenvalue weighted by Crippen LogP contribution is -2.47. The summed E-state index contributed by atoms with van der Waals surface area (Å²) in [4.78, 5) is 0. The van der Waals surface area contributed by atoms with Gasteiger partial charge < -0.3 is 4.74 Å². The number of allylic oxidation sites excluding steroid dienone is 1. The van der Waals surface area contributed by atoms with Crippen LogP contribution in [0.15, 0.2) is 23.8 Å². The molecular weight excluding hydrogens is 184 g/mol. The van der Waals surface area contributed by atoms with Gasteiger partial charge in [0, 0.05) is 5.41 Å². The van der Waals surface area contributed by atoms with Crippen molar-refractivity contribution in [3.05, 3.63) is 23.8 Å². The Morgan fingerprint density at radius 2 is 2.20 bits per heavy atom. The quantitative estimate of drug-likeness (QED) is 0.592. The third-order valence-corrected chi connectivity index (χ3v) is 4.00. The zero-order chi connectivity index (χ0) is 11.1. The van der Waals surface area contributed by atoms with Crippen LogP contribution in [0.1, 0.15) is 47.0 Å². The van der Waals surface area contributed by atoms with Crippen LogP contribution in [0.4, 0.5) is 0 Å². The van der Waals surface area contributed by atoms with Crippen LogP contribution in [0.2, 0.25) is 0 Å². The van der Waals surface area contributed by atoms with Gasteiger partial charge in [-0.3, -0.25) is 0 Å². The molecule has 0 fully saturated rings. The van der Waals surface area contributed by atoms with Crippen LogP contribution in [-0.2, 0) is 4.74 Å². The molecule has 1 spiro atoms. The molecule has 15 heavy (non-hydrogen) atoms. The Labute approximate surface area is 93.2 Å². The first kappa shape index (κ1) is 10.9. The Bertz CT molecular complexity index is 311. The SMILES string of the molecule is CCC1=CCCC(C)(C)C12C=CC(C)O2. The van der Waals surface area contributed by atoms with Crippen molar-refractivity contribution in [1.82, 2.24) is 0 Å². The number of ether oxygens (including phenoxy) is 1. The van der Waals surface area contributed by atoms with E-state index in [-0.39, 0.29) is 17.1 Å². The largest absolute Gasteiger partial charge is 0.359 e. The van der Waals surface area contributed by atoms with Crippen LogP contribution in [0.3, 0.4) is 0 Å². The van der Waals surface area contributed by atoms with Gasteiger partial charge in [0.2, 0.25) is 0 Å². The zero-order valence-corrected chi connectivity index (χ0v) is 10.3. The Morgan fingerprint density at radius 3 is 2.73 bits per heavy atom. The lowest BCUT2D eigenvalue weighted by Gasteiger charge is -2.47. The summed E-state index contributed by atoms with van der Waals surface area (Å²) in [5.74, 6) is 0. The van der Waals surface area contributed by atoms with Crippen molar-refractivity contribution in [2.24, 2.45) is 5.41 Å². The summed E-state index contributed by atoms with van der Waals surface area (Å²) in [6.45, 7) is 9.02. The first-order chi connectivity index (χ1) is 7.02. The predicted molar refractivity (Wildman–Crippen MR) is 63.8 cm³/mol. The van der Waals surface area contributed by atoms with E-state index in [4.69, 9.17) is 4.74 Å². The van der Waals surface area contributed by atoms with Crippen molar-refractivity contribution in [2.75, 3.05) is 0 Å². The van der Waals surface area contributed by atoms with E-state index in [1.54, 1.807) is 0 Å². The van der Waals surface area contributed by atoms with Gasteiger partial charge in [0.25, 0.3) is 0 Å². The van der Waals surface area contributed by atoms with Crippen molar-refractivity contribution < 1.29 is 4.74 Å². The van der Waals surface area contributed by atoms with Crippen LogP contribution in [0.5, 0.6) is 0 Å². The minimum absolute atomic E-state index is 0.112. The summed E-state index contributed by atoms with van der Waals surface area (Å²) in [7, 11) is 0. The minimum atomic E-state index is -0.112. The molecule has 1 aliphatic heterocycles. The Balaban J connectivity index is 2.43. The zero-order valence-electron chi connectivity index (χ0n) is 10.3. The summed E-state index contributed by atoms with van der Waals surface area (Å²) in [6, 6.07) is 0. The topological polar surface area (TPSA) is 9.23 Å². The third-order valence-electron chi connectivity index (χ3n) is 4.00. The molecule has 0 saturated heterocycles. The van der Waals surface area contributed by atoms with E-state index in [0.29, 0.717) is 0 Å². The van der Waals surface area contributed by atoms with Gasteiger partial charge in [-0.15, -0.1) is 0 Å². The first-order valence-corrected chi connectivity index (χ1v) is 6.08. The number of hydrogen-bond acceptors (Lipinski definition) is 1. The Kier molecular flexibility index (Phi) is 2.54. The molecule has 2 aliphatic rings. The molecule has 1 aliphatic carbocycles. The second-order valence-corrected chi connectivity index (χ2v) is 5.42. The van der Waals surface area contributed by atoms with E-state index in [1.165, 1.54) is 18.4 Å². The minimum Gasteiger partial charge on any atom is -0.359 e. The van der Waals surface area contributed by atoms with Gasteiger partial charge in [-0.2, -0.15) is 0 Å². The predicted octanol–water partition coefficient (Wildman–Crippen LogP) is 3.86. The molecule has 0 bridgehead atoms. The molecule has 1 nitrogen and oxygen atoms in total. The highest BCUT2D eigenvalue weighted by Crippen LogP contribution is 2.51. The molecule has 2 rings (SSSR count).